The highest BCUT2D eigenvalue weighted by molar-refractivity contribution is 7.12. The number of carboxylic acids is 2. The van der Waals surface area contributed by atoms with Crippen LogP contribution in [0.2, 0.25) is 0 Å². The number of likely N-dealkylation sites (tertiary alicyclic amines) is 1. The smallest absolute Gasteiger partial charge is 0.336 e. The maximum atomic E-state index is 14.1. The molecule has 0 aliphatic carbocycles. The first-order chi connectivity index (χ1) is 15.9. The molecule has 2 aromatic rings. The Morgan fingerprint density at radius 1 is 1.18 bits per heavy atom. The van der Waals surface area contributed by atoms with Gasteiger partial charge in [-0.2, -0.15) is 4.39 Å². The lowest BCUT2D eigenvalue weighted by Crippen LogP contribution is -2.46. The van der Waals surface area contributed by atoms with Gasteiger partial charge < -0.3 is 15.5 Å². The summed E-state index contributed by atoms with van der Waals surface area (Å²) in [5.74, 6) is -6.63. The van der Waals surface area contributed by atoms with E-state index in [0.29, 0.717) is 10.4 Å². The quantitative estimate of drug-likeness (QED) is 0.529. The average molecular weight is 497 g/mol. The lowest BCUT2D eigenvalue weighted by atomic mass is 9.82. The number of carbonyl (C=O) groups is 2. The standard InChI is InChI=1S/C22H19F4N3O4S/c1-21(11-2-4-12(23)5-3-11)17(20(32)33)13(27-18(28-21)15-6-7-16(24)34-15)9-29-10-22(25,26)8-14(29)19(30)31/h2-7,14H,8-10H2,1H3,(H,27,28)(H,30,31)(H,32,33)/t14-,21-/m0/s1. The third-order valence-electron chi connectivity index (χ3n) is 5.83. The molecule has 0 amide bonds. The number of aliphatic imine (C=N–C) groups is 1. The molecule has 0 unspecified atom stereocenters. The Bertz CT molecular complexity index is 1210. The van der Waals surface area contributed by atoms with Crippen LogP contribution in [0, 0.1) is 10.9 Å². The third-order valence-corrected chi connectivity index (χ3v) is 6.71. The van der Waals surface area contributed by atoms with Crippen LogP contribution in [-0.2, 0) is 15.1 Å². The van der Waals surface area contributed by atoms with Crippen LogP contribution >= 0.6 is 11.3 Å². The molecule has 1 fully saturated rings. The Labute approximate surface area is 195 Å². The zero-order valence-corrected chi connectivity index (χ0v) is 18.5. The molecular formula is C22H19F4N3O4S. The Morgan fingerprint density at radius 3 is 2.41 bits per heavy atom. The number of hydrogen-bond donors (Lipinski definition) is 3. The third kappa shape index (κ3) is 4.42. The molecule has 12 heteroatoms. The van der Waals surface area contributed by atoms with Gasteiger partial charge in [-0.15, -0.1) is 11.3 Å². The second kappa shape index (κ2) is 8.51. The van der Waals surface area contributed by atoms with Crippen molar-refractivity contribution in [3.63, 3.8) is 0 Å². The zero-order chi connectivity index (χ0) is 24.8. The van der Waals surface area contributed by atoms with Crippen molar-refractivity contribution in [2.75, 3.05) is 13.1 Å². The highest BCUT2D eigenvalue weighted by atomic mass is 32.1. The van der Waals surface area contributed by atoms with Crippen LogP contribution in [0.3, 0.4) is 0 Å². The van der Waals surface area contributed by atoms with Crippen molar-refractivity contribution in [3.8, 4) is 0 Å². The van der Waals surface area contributed by atoms with Crippen LogP contribution in [0.25, 0.3) is 0 Å². The lowest BCUT2D eigenvalue weighted by Gasteiger charge is -2.36. The molecule has 1 saturated heterocycles. The van der Waals surface area contributed by atoms with E-state index in [-0.39, 0.29) is 17.1 Å². The van der Waals surface area contributed by atoms with Gasteiger partial charge in [0.2, 0.25) is 0 Å². The molecule has 0 saturated carbocycles. The first kappa shape index (κ1) is 23.9. The molecule has 3 N–H and O–H groups in total. The number of nitrogens with zero attached hydrogens (tertiary/aromatic N) is 2. The number of alkyl halides is 2. The number of hydrogen-bond acceptors (Lipinski definition) is 6. The number of amidine groups is 1. The van der Waals surface area contributed by atoms with Gasteiger partial charge >= 0.3 is 11.9 Å². The van der Waals surface area contributed by atoms with Crippen molar-refractivity contribution in [2.24, 2.45) is 4.99 Å². The van der Waals surface area contributed by atoms with E-state index in [4.69, 9.17) is 0 Å². The van der Waals surface area contributed by atoms with Crippen molar-refractivity contribution in [3.05, 3.63) is 69.1 Å². The van der Waals surface area contributed by atoms with Gasteiger partial charge in [-0.1, -0.05) is 12.1 Å². The zero-order valence-electron chi connectivity index (χ0n) is 17.7. The van der Waals surface area contributed by atoms with Crippen LogP contribution in [0.15, 0.2) is 52.7 Å². The number of rotatable bonds is 6. The summed E-state index contributed by atoms with van der Waals surface area (Å²) in [6.07, 6.45) is -0.912. The van der Waals surface area contributed by atoms with E-state index >= 15 is 0 Å². The summed E-state index contributed by atoms with van der Waals surface area (Å²) in [4.78, 5) is 29.8. The normalized spacial score (nSPS) is 24.6. The van der Waals surface area contributed by atoms with Crippen molar-refractivity contribution >= 4 is 29.1 Å². The van der Waals surface area contributed by atoms with Gasteiger partial charge in [0.1, 0.15) is 23.2 Å². The van der Waals surface area contributed by atoms with Gasteiger partial charge in [0.25, 0.3) is 5.92 Å². The minimum absolute atomic E-state index is 0.0675. The number of aliphatic carboxylic acids is 2. The largest absolute Gasteiger partial charge is 0.480 e. The molecule has 2 atom stereocenters. The van der Waals surface area contributed by atoms with Crippen molar-refractivity contribution in [1.29, 1.82) is 0 Å². The molecule has 3 heterocycles. The molecule has 0 radical (unpaired) electrons. The van der Waals surface area contributed by atoms with E-state index in [1.165, 1.54) is 31.2 Å². The Hall–Kier alpha value is -3.25. The van der Waals surface area contributed by atoms with Crippen LogP contribution in [-0.4, -0.2) is 57.9 Å². The summed E-state index contributed by atoms with van der Waals surface area (Å²) in [6.45, 7) is 0.120. The predicted molar refractivity (Wildman–Crippen MR) is 115 cm³/mol. The number of benzene rings is 1. The van der Waals surface area contributed by atoms with Crippen LogP contribution in [0.4, 0.5) is 17.6 Å². The lowest BCUT2D eigenvalue weighted by molar-refractivity contribution is -0.142. The molecule has 7 nitrogen and oxygen atoms in total. The van der Waals surface area contributed by atoms with Gasteiger partial charge in [0.15, 0.2) is 5.13 Å². The van der Waals surface area contributed by atoms with E-state index in [2.05, 4.69) is 10.3 Å². The van der Waals surface area contributed by atoms with E-state index in [1.807, 2.05) is 0 Å². The highest BCUT2D eigenvalue weighted by Crippen LogP contribution is 2.40. The minimum Gasteiger partial charge on any atom is -0.480 e. The second-order valence-corrected chi connectivity index (χ2v) is 9.28. The summed E-state index contributed by atoms with van der Waals surface area (Å²) >= 11 is 0.735. The number of thiophene rings is 1. The van der Waals surface area contributed by atoms with E-state index in [9.17, 15) is 37.4 Å². The maximum absolute atomic E-state index is 14.1. The molecule has 0 spiro atoms. The van der Waals surface area contributed by atoms with E-state index in [1.54, 1.807) is 0 Å². The Kier molecular flexibility index (Phi) is 5.98. The molecule has 4 rings (SSSR count). The van der Waals surface area contributed by atoms with Gasteiger partial charge in [0, 0.05) is 18.7 Å². The van der Waals surface area contributed by atoms with Gasteiger partial charge in [-0.05, 0) is 36.8 Å². The van der Waals surface area contributed by atoms with E-state index in [0.717, 1.165) is 28.4 Å². The monoisotopic (exact) mass is 497 g/mol. The molecule has 34 heavy (non-hydrogen) atoms. The SMILES string of the molecule is C[C@@]1(c2ccc(F)cc2)N=C(c2ccc(F)s2)NC(CN2CC(F)(F)C[C@H]2C(=O)O)=C1C(=O)O. The molecule has 180 valence electrons. The Balaban J connectivity index is 1.85. The predicted octanol–water partition coefficient (Wildman–Crippen LogP) is 3.42. The first-order valence-electron chi connectivity index (χ1n) is 10.1. The fourth-order valence-corrected chi connectivity index (χ4v) is 4.98. The van der Waals surface area contributed by atoms with Crippen LogP contribution in [0.5, 0.6) is 0 Å². The first-order valence-corrected chi connectivity index (χ1v) is 10.9. The average Bonchev–Trinajstić information content (AvgIpc) is 3.30. The number of nitrogens with one attached hydrogen (secondary N) is 1. The molecule has 1 aromatic heterocycles. The molecule has 1 aromatic carbocycles. The Morgan fingerprint density at radius 2 is 1.85 bits per heavy atom. The van der Waals surface area contributed by atoms with Crippen molar-refractivity contribution in [2.45, 2.75) is 30.8 Å². The van der Waals surface area contributed by atoms with Crippen LogP contribution in [0.1, 0.15) is 23.8 Å². The summed E-state index contributed by atoms with van der Waals surface area (Å²) < 4.78 is 55.4. The summed E-state index contributed by atoms with van der Waals surface area (Å²) in [5, 5.41) is 21.8. The van der Waals surface area contributed by atoms with Gasteiger partial charge in [-0.3, -0.25) is 14.7 Å². The summed E-state index contributed by atoms with van der Waals surface area (Å²) in [7, 11) is 0. The fourth-order valence-electron chi connectivity index (χ4n) is 4.30. The number of halogens is 4. The molecule has 0 bridgehead atoms. The van der Waals surface area contributed by atoms with Gasteiger partial charge in [0.05, 0.1) is 17.0 Å². The highest BCUT2D eigenvalue weighted by Gasteiger charge is 2.50. The number of carboxylic acid groups (broad SMARTS) is 2. The van der Waals surface area contributed by atoms with Gasteiger partial charge in [-0.25, -0.2) is 18.0 Å². The topological polar surface area (TPSA) is 102 Å². The molecular weight excluding hydrogens is 478 g/mol. The second-order valence-electron chi connectivity index (χ2n) is 8.25. The maximum Gasteiger partial charge on any atom is 0.336 e. The van der Waals surface area contributed by atoms with Crippen LogP contribution < -0.4 is 5.32 Å². The minimum atomic E-state index is -3.27. The summed E-state index contributed by atoms with van der Waals surface area (Å²) in [6, 6.07) is 6.04. The molecule has 2 aliphatic heterocycles. The summed E-state index contributed by atoms with van der Waals surface area (Å²) in [5.41, 5.74) is -1.71. The van der Waals surface area contributed by atoms with E-state index < -0.39 is 59.9 Å². The van der Waals surface area contributed by atoms with Crippen molar-refractivity contribution in [1.82, 2.24) is 10.2 Å². The fraction of sp³-hybridized carbons (Fsp3) is 0.318. The van der Waals surface area contributed by atoms with Crippen molar-refractivity contribution < 1.29 is 37.4 Å². The molecule has 2 aliphatic rings.